The highest BCUT2D eigenvalue weighted by atomic mass is 35.5. The van der Waals surface area contributed by atoms with Crippen molar-refractivity contribution in [2.45, 2.75) is 0 Å². The molecule has 2 aromatic rings. The van der Waals surface area contributed by atoms with Crippen molar-refractivity contribution < 1.29 is 9.53 Å². The quantitative estimate of drug-likeness (QED) is 0.850. The van der Waals surface area contributed by atoms with Crippen LogP contribution in [0.3, 0.4) is 0 Å². The summed E-state index contributed by atoms with van der Waals surface area (Å²) in [6, 6.07) is 8.68. The highest BCUT2D eigenvalue weighted by Crippen LogP contribution is 2.24. The van der Waals surface area contributed by atoms with E-state index in [1.54, 1.807) is 30.5 Å². The fourth-order valence-electron chi connectivity index (χ4n) is 2.61. The molecule has 3 rings (SSSR count). The molecule has 8 heteroatoms. The summed E-state index contributed by atoms with van der Waals surface area (Å²) in [4.78, 5) is 19.0. The Labute approximate surface area is 157 Å². The van der Waals surface area contributed by atoms with Gasteiger partial charge in [0, 0.05) is 31.2 Å². The van der Waals surface area contributed by atoms with Gasteiger partial charge in [0.2, 0.25) is 0 Å². The van der Waals surface area contributed by atoms with E-state index < -0.39 is 0 Å². The first-order chi connectivity index (χ1) is 11.7. The molecule has 2 N–H and O–H groups in total. The third kappa shape index (κ3) is 4.75. The van der Waals surface area contributed by atoms with Crippen molar-refractivity contribution in [3.63, 3.8) is 0 Å². The number of rotatable bonds is 4. The number of methoxy groups -OCH3 is 1. The van der Waals surface area contributed by atoms with E-state index >= 15 is 0 Å². The number of piperazine rings is 1. The van der Waals surface area contributed by atoms with Crippen LogP contribution < -0.4 is 20.3 Å². The van der Waals surface area contributed by atoms with E-state index in [-0.39, 0.29) is 18.3 Å². The number of carbonyl (C=O) groups is 1. The third-order valence-electron chi connectivity index (χ3n) is 3.88. The predicted molar refractivity (Wildman–Crippen MR) is 103 cm³/mol. The van der Waals surface area contributed by atoms with Gasteiger partial charge in [0.15, 0.2) is 0 Å². The highest BCUT2D eigenvalue weighted by Gasteiger charge is 2.15. The molecule has 0 aliphatic carbocycles. The van der Waals surface area contributed by atoms with E-state index in [4.69, 9.17) is 16.3 Å². The smallest absolute Gasteiger partial charge is 0.260 e. The lowest BCUT2D eigenvalue weighted by Gasteiger charge is -2.29. The van der Waals surface area contributed by atoms with Crippen molar-refractivity contribution in [3.8, 4) is 5.75 Å². The molecule has 0 spiro atoms. The Morgan fingerprint density at radius 3 is 2.68 bits per heavy atom. The molecule has 1 fully saturated rings. The van der Waals surface area contributed by atoms with Crippen LogP contribution in [0.15, 0.2) is 36.5 Å². The van der Waals surface area contributed by atoms with Gasteiger partial charge in [-0.1, -0.05) is 11.6 Å². The Bertz CT molecular complexity index is 719. The topological polar surface area (TPSA) is 66.5 Å². The van der Waals surface area contributed by atoms with Gasteiger partial charge in [0.05, 0.1) is 24.6 Å². The number of carbonyl (C=O) groups excluding carboxylic acids is 1. The van der Waals surface area contributed by atoms with Crippen molar-refractivity contribution in [2.24, 2.45) is 0 Å². The van der Waals surface area contributed by atoms with Crippen LogP contribution in [0.2, 0.25) is 5.02 Å². The van der Waals surface area contributed by atoms with Crippen molar-refractivity contribution in [2.75, 3.05) is 43.5 Å². The monoisotopic (exact) mass is 382 g/mol. The van der Waals surface area contributed by atoms with Crippen molar-refractivity contribution >= 4 is 41.4 Å². The average Bonchev–Trinajstić information content (AvgIpc) is 2.63. The van der Waals surface area contributed by atoms with Crippen LogP contribution in [0.1, 0.15) is 10.4 Å². The number of nitrogens with zero attached hydrogens (tertiary/aromatic N) is 2. The lowest BCUT2D eigenvalue weighted by atomic mass is 10.2. The Hall–Kier alpha value is -2.02. The number of ether oxygens (including phenoxy) is 1. The zero-order valence-corrected chi connectivity index (χ0v) is 15.4. The van der Waals surface area contributed by atoms with E-state index in [2.05, 4.69) is 20.5 Å². The van der Waals surface area contributed by atoms with E-state index in [9.17, 15) is 4.79 Å². The maximum absolute atomic E-state index is 12.4. The second kappa shape index (κ2) is 8.89. The van der Waals surface area contributed by atoms with E-state index in [0.717, 1.165) is 31.9 Å². The van der Waals surface area contributed by atoms with Crippen molar-refractivity contribution in [1.29, 1.82) is 0 Å². The minimum absolute atomic E-state index is 0. The number of amides is 1. The molecule has 0 unspecified atom stereocenters. The van der Waals surface area contributed by atoms with E-state index in [0.29, 0.717) is 22.2 Å². The van der Waals surface area contributed by atoms with Crippen LogP contribution in [0.5, 0.6) is 5.75 Å². The number of benzene rings is 1. The van der Waals surface area contributed by atoms with Crippen LogP contribution in [-0.2, 0) is 0 Å². The van der Waals surface area contributed by atoms with Crippen LogP contribution in [-0.4, -0.2) is 44.2 Å². The number of nitrogens with one attached hydrogen (secondary N) is 2. The number of halogens is 2. The van der Waals surface area contributed by atoms with Gasteiger partial charge in [-0.3, -0.25) is 4.79 Å². The van der Waals surface area contributed by atoms with Gasteiger partial charge in [-0.2, -0.15) is 0 Å². The zero-order chi connectivity index (χ0) is 16.9. The van der Waals surface area contributed by atoms with Gasteiger partial charge in [0.1, 0.15) is 11.6 Å². The van der Waals surface area contributed by atoms with Crippen LogP contribution in [0.25, 0.3) is 0 Å². The van der Waals surface area contributed by atoms with Crippen LogP contribution >= 0.6 is 24.0 Å². The van der Waals surface area contributed by atoms with Gasteiger partial charge in [-0.25, -0.2) is 4.98 Å². The van der Waals surface area contributed by atoms with Gasteiger partial charge >= 0.3 is 0 Å². The number of anilines is 2. The molecule has 0 radical (unpaired) electrons. The molecule has 1 aromatic carbocycles. The Morgan fingerprint density at radius 1 is 1.28 bits per heavy atom. The van der Waals surface area contributed by atoms with Crippen LogP contribution in [0, 0.1) is 0 Å². The van der Waals surface area contributed by atoms with Gasteiger partial charge in [-0.15, -0.1) is 12.4 Å². The molecule has 0 atom stereocenters. The zero-order valence-electron chi connectivity index (χ0n) is 13.8. The largest absolute Gasteiger partial charge is 0.496 e. The lowest BCUT2D eigenvalue weighted by Crippen LogP contribution is -2.43. The van der Waals surface area contributed by atoms with Crippen LogP contribution in [0.4, 0.5) is 11.5 Å². The molecule has 1 aliphatic heterocycles. The molecular formula is C17H20Cl2N4O2. The molecule has 1 amide bonds. The molecule has 0 bridgehead atoms. The summed E-state index contributed by atoms with van der Waals surface area (Å²) in [5.74, 6) is 0.645. The number of hydrogen-bond acceptors (Lipinski definition) is 5. The maximum Gasteiger partial charge on any atom is 0.260 e. The average molecular weight is 383 g/mol. The number of aromatic nitrogens is 1. The summed E-state index contributed by atoms with van der Waals surface area (Å²) in [7, 11) is 1.51. The van der Waals surface area contributed by atoms with Crippen molar-refractivity contribution in [1.82, 2.24) is 10.3 Å². The molecule has 0 saturated carbocycles. The first-order valence-corrected chi connectivity index (χ1v) is 8.12. The van der Waals surface area contributed by atoms with E-state index in [1.807, 2.05) is 6.07 Å². The maximum atomic E-state index is 12.4. The fraction of sp³-hybridized carbons (Fsp3) is 0.294. The van der Waals surface area contributed by atoms with E-state index in [1.165, 1.54) is 7.11 Å². The molecule has 1 aliphatic rings. The first-order valence-electron chi connectivity index (χ1n) is 7.74. The number of hydrogen-bond donors (Lipinski definition) is 2. The highest BCUT2D eigenvalue weighted by molar-refractivity contribution is 6.31. The third-order valence-corrected chi connectivity index (χ3v) is 4.11. The van der Waals surface area contributed by atoms with Gasteiger partial charge < -0.3 is 20.3 Å². The molecule has 6 nitrogen and oxygen atoms in total. The summed E-state index contributed by atoms with van der Waals surface area (Å²) < 4.78 is 5.21. The Kier molecular flexibility index (Phi) is 6.87. The fourth-order valence-corrected chi connectivity index (χ4v) is 2.78. The molecule has 2 heterocycles. The van der Waals surface area contributed by atoms with Gasteiger partial charge in [0.25, 0.3) is 5.91 Å². The van der Waals surface area contributed by atoms with Crippen molar-refractivity contribution in [3.05, 3.63) is 47.1 Å². The standard InChI is InChI=1S/C17H19ClN4O2.ClH/c1-24-15-4-2-12(18)10-14(15)17(23)21-16-5-3-13(11-20-16)22-8-6-19-7-9-22;/h2-5,10-11,19H,6-9H2,1H3,(H,20,21,23);1H. The summed E-state index contributed by atoms with van der Waals surface area (Å²) in [5, 5.41) is 6.56. The predicted octanol–water partition coefficient (Wildman–Crippen LogP) is 2.83. The molecular weight excluding hydrogens is 363 g/mol. The minimum atomic E-state index is -0.309. The summed E-state index contributed by atoms with van der Waals surface area (Å²) in [6.07, 6.45) is 1.77. The second-order valence-corrected chi connectivity index (χ2v) is 5.87. The summed E-state index contributed by atoms with van der Waals surface area (Å²) in [6.45, 7) is 3.83. The Balaban J connectivity index is 0.00000225. The first kappa shape index (κ1) is 19.3. The molecule has 1 saturated heterocycles. The summed E-state index contributed by atoms with van der Waals surface area (Å²) in [5.41, 5.74) is 1.42. The lowest BCUT2D eigenvalue weighted by molar-refractivity contribution is 0.102. The number of pyridine rings is 1. The SMILES string of the molecule is COc1ccc(Cl)cc1C(=O)Nc1ccc(N2CCNCC2)cn1.Cl. The normalized spacial score (nSPS) is 13.8. The second-order valence-electron chi connectivity index (χ2n) is 5.44. The molecule has 1 aromatic heterocycles. The minimum Gasteiger partial charge on any atom is -0.496 e. The molecule has 25 heavy (non-hydrogen) atoms. The van der Waals surface area contributed by atoms with Gasteiger partial charge in [-0.05, 0) is 30.3 Å². The summed E-state index contributed by atoms with van der Waals surface area (Å²) >= 11 is 5.97. The Morgan fingerprint density at radius 2 is 2.04 bits per heavy atom. The molecule has 134 valence electrons.